The zero-order chi connectivity index (χ0) is 30.9. The smallest absolute Gasteiger partial charge is 0.264 e. The minimum absolute atomic E-state index is 0.0555. The maximum atomic E-state index is 14.2. The molecule has 10 heteroatoms. The van der Waals surface area contributed by atoms with Crippen LogP contribution in [0.3, 0.4) is 0 Å². The summed E-state index contributed by atoms with van der Waals surface area (Å²) in [4.78, 5) is 29.1. The Morgan fingerprint density at radius 3 is 1.88 bits per heavy atom. The molecule has 0 bridgehead atoms. The Kier molecular flexibility index (Phi) is 11.4. The molecule has 0 unspecified atom stereocenters. The van der Waals surface area contributed by atoms with Crippen molar-refractivity contribution in [1.82, 2.24) is 10.2 Å². The molecule has 3 rings (SSSR count). The van der Waals surface area contributed by atoms with E-state index in [0.29, 0.717) is 23.6 Å². The molecule has 3 aromatic carbocycles. The van der Waals surface area contributed by atoms with E-state index in [2.05, 4.69) is 5.32 Å². The lowest BCUT2D eigenvalue weighted by Crippen LogP contribution is -2.53. The molecule has 0 fully saturated rings. The predicted octanol–water partition coefficient (Wildman–Crippen LogP) is 4.93. The second-order valence-corrected chi connectivity index (χ2v) is 12.0. The van der Waals surface area contributed by atoms with Crippen LogP contribution < -0.4 is 19.1 Å². The molecule has 9 nitrogen and oxygen atoms in total. The van der Waals surface area contributed by atoms with Crippen LogP contribution in [-0.4, -0.2) is 58.0 Å². The first-order chi connectivity index (χ1) is 20.0. The fourth-order valence-electron chi connectivity index (χ4n) is 4.40. The summed E-state index contributed by atoms with van der Waals surface area (Å²) < 4.78 is 39.5. The molecule has 0 aliphatic rings. The second-order valence-electron chi connectivity index (χ2n) is 10.1. The molecule has 0 aromatic heterocycles. The average Bonchev–Trinajstić information content (AvgIpc) is 3.00. The zero-order valence-electron chi connectivity index (χ0n) is 25.2. The Bertz CT molecular complexity index is 1420. The number of hydrogen-bond acceptors (Lipinski definition) is 6. The first-order valence-corrected chi connectivity index (χ1v) is 15.4. The highest BCUT2D eigenvalue weighted by Crippen LogP contribution is 2.27. The summed E-state index contributed by atoms with van der Waals surface area (Å²) in [5, 5.41) is 2.98. The van der Waals surface area contributed by atoms with Gasteiger partial charge in [-0.1, -0.05) is 43.7 Å². The van der Waals surface area contributed by atoms with Crippen LogP contribution in [0, 0.1) is 6.92 Å². The van der Waals surface area contributed by atoms with Crippen molar-refractivity contribution in [1.29, 1.82) is 0 Å². The Labute approximate surface area is 249 Å². The second kappa shape index (κ2) is 14.7. The molecule has 3 aromatic rings. The summed E-state index contributed by atoms with van der Waals surface area (Å²) in [6.45, 7) is 7.17. The van der Waals surface area contributed by atoms with E-state index >= 15 is 0 Å². The lowest BCUT2D eigenvalue weighted by Gasteiger charge is -2.33. The molecule has 0 aliphatic heterocycles. The third-order valence-corrected chi connectivity index (χ3v) is 8.94. The van der Waals surface area contributed by atoms with Gasteiger partial charge in [0.2, 0.25) is 11.8 Å². The lowest BCUT2D eigenvalue weighted by atomic mass is 10.1. The maximum Gasteiger partial charge on any atom is 0.264 e. The molecule has 0 aliphatic carbocycles. The van der Waals surface area contributed by atoms with E-state index in [1.165, 1.54) is 24.1 Å². The Hall–Kier alpha value is -4.05. The predicted molar refractivity (Wildman–Crippen MR) is 164 cm³/mol. The Morgan fingerprint density at radius 2 is 1.38 bits per heavy atom. The number of aryl methyl sites for hydroxylation is 1. The number of sulfonamides is 1. The van der Waals surface area contributed by atoms with Gasteiger partial charge in [0, 0.05) is 12.6 Å². The van der Waals surface area contributed by atoms with E-state index in [1.54, 1.807) is 55.6 Å². The number of benzene rings is 3. The minimum atomic E-state index is -4.15. The number of ether oxygens (including phenoxy) is 2. The third kappa shape index (κ3) is 8.03. The van der Waals surface area contributed by atoms with E-state index in [0.717, 1.165) is 21.9 Å². The molecule has 2 atom stereocenters. The van der Waals surface area contributed by atoms with Crippen LogP contribution in [0.5, 0.6) is 11.5 Å². The summed E-state index contributed by atoms with van der Waals surface area (Å²) in [5.41, 5.74) is 1.98. The van der Waals surface area contributed by atoms with Gasteiger partial charge in [-0.15, -0.1) is 0 Å². The number of amides is 2. The summed E-state index contributed by atoms with van der Waals surface area (Å²) in [6, 6.07) is 19.3. The largest absolute Gasteiger partial charge is 0.497 e. The van der Waals surface area contributed by atoms with Crippen LogP contribution >= 0.6 is 0 Å². The lowest BCUT2D eigenvalue weighted by molar-refractivity contribution is -0.140. The molecule has 0 saturated carbocycles. The van der Waals surface area contributed by atoms with Crippen LogP contribution in [0.1, 0.15) is 44.7 Å². The molecule has 0 saturated heterocycles. The highest BCUT2D eigenvalue weighted by Gasteiger charge is 2.34. The minimum Gasteiger partial charge on any atom is -0.497 e. The van der Waals surface area contributed by atoms with Crippen molar-refractivity contribution >= 4 is 27.5 Å². The van der Waals surface area contributed by atoms with Gasteiger partial charge in [-0.3, -0.25) is 13.9 Å². The fourth-order valence-corrected chi connectivity index (χ4v) is 5.82. The van der Waals surface area contributed by atoms with Crippen LogP contribution in [0.15, 0.2) is 77.7 Å². The number of nitrogens with zero attached hydrogens (tertiary/aromatic N) is 2. The van der Waals surface area contributed by atoms with Crippen LogP contribution in [0.25, 0.3) is 0 Å². The summed E-state index contributed by atoms with van der Waals surface area (Å²) in [6.07, 6.45) is 1.08. The quantitative estimate of drug-likeness (QED) is 0.283. The third-order valence-electron chi connectivity index (χ3n) is 7.15. The highest BCUT2D eigenvalue weighted by atomic mass is 32.2. The number of carbonyl (C=O) groups is 2. The number of anilines is 1. The van der Waals surface area contributed by atoms with Gasteiger partial charge in [-0.2, -0.15) is 0 Å². The van der Waals surface area contributed by atoms with E-state index in [-0.39, 0.29) is 23.4 Å². The van der Waals surface area contributed by atoms with E-state index < -0.39 is 28.5 Å². The van der Waals surface area contributed by atoms with Gasteiger partial charge in [0.05, 0.1) is 24.8 Å². The fraction of sp³-hybridized carbons (Fsp3) is 0.375. The number of methoxy groups -OCH3 is 2. The van der Waals surface area contributed by atoms with Crippen molar-refractivity contribution < 1.29 is 27.5 Å². The first-order valence-electron chi connectivity index (χ1n) is 14.0. The van der Waals surface area contributed by atoms with Gasteiger partial charge in [-0.25, -0.2) is 8.42 Å². The van der Waals surface area contributed by atoms with Crippen LogP contribution in [0.4, 0.5) is 5.69 Å². The zero-order valence-corrected chi connectivity index (χ0v) is 26.0. The molecule has 2 amide bonds. The van der Waals surface area contributed by atoms with Gasteiger partial charge >= 0.3 is 0 Å². The monoisotopic (exact) mass is 595 g/mol. The molecular weight excluding hydrogens is 554 g/mol. The number of rotatable bonds is 14. The normalized spacial score (nSPS) is 12.6. The van der Waals surface area contributed by atoms with E-state index in [1.807, 2.05) is 39.8 Å². The van der Waals surface area contributed by atoms with Crippen molar-refractivity contribution in [3.05, 3.63) is 83.9 Å². The maximum absolute atomic E-state index is 14.2. The van der Waals surface area contributed by atoms with Crippen LogP contribution in [-0.2, 0) is 26.2 Å². The number of carbonyl (C=O) groups excluding carboxylic acids is 2. The molecular formula is C32H41N3O6S. The molecule has 226 valence electrons. The average molecular weight is 596 g/mol. The van der Waals surface area contributed by atoms with Crippen molar-refractivity contribution in [2.45, 2.75) is 64.1 Å². The van der Waals surface area contributed by atoms with Gasteiger partial charge in [0.25, 0.3) is 10.0 Å². The van der Waals surface area contributed by atoms with Gasteiger partial charge in [0.15, 0.2) is 0 Å². The van der Waals surface area contributed by atoms with Gasteiger partial charge in [0.1, 0.15) is 24.1 Å². The van der Waals surface area contributed by atoms with Crippen molar-refractivity contribution in [2.75, 3.05) is 25.1 Å². The molecule has 0 heterocycles. The molecule has 0 spiro atoms. The van der Waals surface area contributed by atoms with Gasteiger partial charge < -0.3 is 19.7 Å². The highest BCUT2D eigenvalue weighted by molar-refractivity contribution is 7.92. The van der Waals surface area contributed by atoms with E-state index in [9.17, 15) is 18.0 Å². The van der Waals surface area contributed by atoms with Crippen molar-refractivity contribution in [3.63, 3.8) is 0 Å². The van der Waals surface area contributed by atoms with Crippen molar-refractivity contribution in [3.8, 4) is 11.5 Å². The van der Waals surface area contributed by atoms with Gasteiger partial charge in [-0.05, 0) is 80.8 Å². The molecule has 1 N–H and O–H groups in total. The standard InChI is InChI=1S/C32H41N3O6S/c1-7-24(4)33-32(37)30(8-2)34(21-25-11-15-27(40-5)16-12-25)31(36)22-35(26-13-17-28(41-6)18-14-26)42(38,39)29-19-9-23(3)10-20-29/h9-20,24,30H,7-8,21-22H2,1-6H3,(H,33,37)/t24-,30-/m1/s1. The summed E-state index contributed by atoms with van der Waals surface area (Å²) in [7, 11) is -1.06. The Balaban J connectivity index is 2.06. The van der Waals surface area contributed by atoms with Crippen molar-refractivity contribution in [2.24, 2.45) is 0 Å². The Morgan fingerprint density at radius 1 is 0.833 bits per heavy atom. The van der Waals surface area contributed by atoms with Crippen LogP contribution in [0.2, 0.25) is 0 Å². The first kappa shape index (κ1) is 32.5. The summed E-state index contributed by atoms with van der Waals surface area (Å²) >= 11 is 0. The summed E-state index contributed by atoms with van der Waals surface area (Å²) in [5.74, 6) is 0.411. The molecule has 0 radical (unpaired) electrons. The number of nitrogens with one attached hydrogen (secondary N) is 1. The van der Waals surface area contributed by atoms with E-state index in [4.69, 9.17) is 9.47 Å². The number of hydrogen-bond donors (Lipinski definition) is 1. The topological polar surface area (TPSA) is 105 Å². The SMILES string of the molecule is CC[C@@H](C)NC(=O)[C@@H](CC)N(Cc1ccc(OC)cc1)C(=O)CN(c1ccc(OC)cc1)S(=O)(=O)c1ccc(C)cc1. The molecule has 42 heavy (non-hydrogen) atoms.